The second-order valence-corrected chi connectivity index (χ2v) is 7.62. The van der Waals surface area contributed by atoms with Crippen LogP contribution in [0.3, 0.4) is 0 Å². The van der Waals surface area contributed by atoms with Gasteiger partial charge in [-0.15, -0.1) is 0 Å². The molecule has 0 radical (unpaired) electrons. The summed E-state index contributed by atoms with van der Waals surface area (Å²) in [4.78, 5) is 11.6. The predicted molar refractivity (Wildman–Crippen MR) is 87.2 cm³/mol. The minimum atomic E-state index is -2.55. The van der Waals surface area contributed by atoms with Gasteiger partial charge in [0.05, 0.1) is 0 Å². The van der Waals surface area contributed by atoms with Crippen LogP contribution >= 0.6 is 0 Å². The van der Waals surface area contributed by atoms with Crippen molar-refractivity contribution in [2.45, 2.75) is 65.8 Å². The van der Waals surface area contributed by atoms with E-state index in [0.717, 1.165) is 31.7 Å². The largest absolute Gasteiger partial charge is 0.500 e. The molecule has 0 aliphatic rings. The standard InChI is InChI=1S/C15H33NO4Si/c1-5-9-10-12-15(17)16-13-11-14-21(18-6-2,19-7-3)20-8-4/h5-14H2,1-4H3,(H,16,17). The van der Waals surface area contributed by atoms with Gasteiger partial charge in [0.15, 0.2) is 0 Å². The Hall–Kier alpha value is -0.433. The summed E-state index contributed by atoms with van der Waals surface area (Å²) in [5, 5.41) is 2.96. The summed E-state index contributed by atoms with van der Waals surface area (Å²) in [5.74, 6) is 0.139. The number of amides is 1. The van der Waals surface area contributed by atoms with E-state index in [9.17, 15) is 4.79 Å². The number of nitrogens with one attached hydrogen (secondary N) is 1. The van der Waals surface area contributed by atoms with Crippen molar-refractivity contribution >= 4 is 14.7 Å². The second kappa shape index (κ2) is 13.2. The molecule has 0 bridgehead atoms. The van der Waals surface area contributed by atoms with Crippen molar-refractivity contribution in [1.82, 2.24) is 5.32 Å². The highest BCUT2D eigenvalue weighted by Gasteiger charge is 2.39. The van der Waals surface area contributed by atoms with Crippen molar-refractivity contribution in [3.05, 3.63) is 0 Å². The maximum absolute atomic E-state index is 11.6. The lowest BCUT2D eigenvalue weighted by molar-refractivity contribution is -0.121. The minimum absolute atomic E-state index is 0.139. The molecular formula is C15H33NO4Si. The first-order valence-electron chi connectivity index (χ1n) is 8.32. The third-order valence-corrected chi connectivity index (χ3v) is 6.23. The van der Waals surface area contributed by atoms with Gasteiger partial charge < -0.3 is 18.6 Å². The molecule has 0 spiro atoms. The summed E-state index contributed by atoms with van der Waals surface area (Å²) in [7, 11) is -2.55. The Labute approximate surface area is 131 Å². The molecule has 5 nitrogen and oxygen atoms in total. The first-order chi connectivity index (χ1) is 10.1. The highest BCUT2D eigenvalue weighted by atomic mass is 28.4. The number of hydrogen-bond acceptors (Lipinski definition) is 4. The van der Waals surface area contributed by atoms with Crippen molar-refractivity contribution in [3.8, 4) is 0 Å². The van der Waals surface area contributed by atoms with Crippen LogP contribution in [0.2, 0.25) is 6.04 Å². The lowest BCUT2D eigenvalue weighted by Gasteiger charge is -2.28. The molecule has 0 saturated carbocycles. The molecule has 1 N–H and O–H groups in total. The van der Waals surface area contributed by atoms with Crippen LogP contribution in [0.5, 0.6) is 0 Å². The zero-order valence-corrected chi connectivity index (χ0v) is 15.2. The fraction of sp³-hybridized carbons (Fsp3) is 0.933. The topological polar surface area (TPSA) is 56.8 Å². The summed E-state index contributed by atoms with van der Waals surface area (Å²) in [5.41, 5.74) is 0. The number of rotatable bonds is 14. The van der Waals surface area contributed by atoms with E-state index in [4.69, 9.17) is 13.3 Å². The Morgan fingerprint density at radius 2 is 1.48 bits per heavy atom. The molecule has 1 amide bonds. The minimum Gasteiger partial charge on any atom is -0.374 e. The molecule has 126 valence electrons. The van der Waals surface area contributed by atoms with Crippen molar-refractivity contribution in [3.63, 3.8) is 0 Å². The molecule has 0 fully saturated rings. The molecule has 21 heavy (non-hydrogen) atoms. The van der Waals surface area contributed by atoms with Crippen molar-refractivity contribution in [2.24, 2.45) is 0 Å². The van der Waals surface area contributed by atoms with Gasteiger partial charge in [-0.2, -0.15) is 0 Å². The van der Waals surface area contributed by atoms with Crippen LogP contribution in [-0.2, 0) is 18.1 Å². The van der Waals surface area contributed by atoms with Crippen LogP contribution in [0, 0.1) is 0 Å². The maximum atomic E-state index is 11.6. The van der Waals surface area contributed by atoms with Crippen LogP contribution in [0.15, 0.2) is 0 Å². The molecule has 0 aromatic heterocycles. The van der Waals surface area contributed by atoms with Crippen molar-refractivity contribution in [1.29, 1.82) is 0 Å². The van der Waals surface area contributed by atoms with Gasteiger partial charge in [-0.3, -0.25) is 4.79 Å². The monoisotopic (exact) mass is 319 g/mol. The van der Waals surface area contributed by atoms with Gasteiger partial charge in [-0.25, -0.2) is 0 Å². The lowest BCUT2D eigenvalue weighted by Crippen LogP contribution is -2.46. The zero-order chi connectivity index (χ0) is 16.0. The third-order valence-electron chi connectivity index (χ3n) is 3.08. The summed E-state index contributed by atoms with van der Waals surface area (Å²) in [6.45, 7) is 10.4. The highest BCUT2D eigenvalue weighted by molar-refractivity contribution is 6.60. The van der Waals surface area contributed by atoms with Crippen LogP contribution in [-0.4, -0.2) is 41.1 Å². The molecule has 6 heteroatoms. The second-order valence-electron chi connectivity index (χ2n) is 4.89. The van der Waals surface area contributed by atoms with Gasteiger partial charge >= 0.3 is 8.80 Å². The molecule has 0 saturated heterocycles. The van der Waals surface area contributed by atoms with E-state index in [1.165, 1.54) is 0 Å². The van der Waals surface area contributed by atoms with Crippen LogP contribution in [0.25, 0.3) is 0 Å². The van der Waals surface area contributed by atoms with E-state index in [1.54, 1.807) is 0 Å². The number of hydrogen-bond donors (Lipinski definition) is 1. The molecule has 0 aromatic carbocycles. The lowest BCUT2D eigenvalue weighted by atomic mass is 10.2. The highest BCUT2D eigenvalue weighted by Crippen LogP contribution is 2.17. The van der Waals surface area contributed by atoms with Gasteiger partial charge in [0, 0.05) is 38.8 Å². The number of carbonyl (C=O) groups is 1. The first kappa shape index (κ1) is 20.6. The fourth-order valence-electron chi connectivity index (χ4n) is 2.16. The van der Waals surface area contributed by atoms with Crippen LogP contribution in [0.1, 0.15) is 59.8 Å². The Morgan fingerprint density at radius 1 is 0.905 bits per heavy atom. The SMILES string of the molecule is CCCCCC(=O)NCCC[Si](OCC)(OCC)OCC. The summed E-state index contributed by atoms with van der Waals surface area (Å²) in [6.07, 6.45) is 4.67. The Morgan fingerprint density at radius 3 is 1.95 bits per heavy atom. The maximum Gasteiger partial charge on any atom is 0.500 e. The summed E-state index contributed by atoms with van der Waals surface area (Å²) in [6, 6.07) is 0.748. The van der Waals surface area contributed by atoms with E-state index in [-0.39, 0.29) is 5.91 Å². The summed E-state index contributed by atoms with van der Waals surface area (Å²) < 4.78 is 17.3. The molecule has 0 heterocycles. The fourth-order valence-corrected chi connectivity index (χ4v) is 4.77. The number of unbranched alkanes of at least 4 members (excludes halogenated alkanes) is 2. The zero-order valence-electron chi connectivity index (χ0n) is 14.2. The van der Waals surface area contributed by atoms with Gasteiger partial charge in [0.25, 0.3) is 0 Å². The van der Waals surface area contributed by atoms with E-state index in [2.05, 4.69) is 12.2 Å². The van der Waals surface area contributed by atoms with Gasteiger partial charge in [-0.1, -0.05) is 19.8 Å². The number of carbonyl (C=O) groups excluding carboxylic acids is 1. The average molecular weight is 320 g/mol. The van der Waals surface area contributed by atoms with Crippen molar-refractivity contribution in [2.75, 3.05) is 26.4 Å². The molecule has 0 rings (SSSR count). The predicted octanol–water partition coefficient (Wildman–Crippen LogP) is 3.12. The normalized spacial score (nSPS) is 11.6. The van der Waals surface area contributed by atoms with Gasteiger partial charge in [0.1, 0.15) is 0 Å². The molecule has 0 aliphatic heterocycles. The summed E-state index contributed by atoms with van der Waals surface area (Å²) >= 11 is 0. The van der Waals surface area contributed by atoms with E-state index in [0.29, 0.717) is 32.8 Å². The third kappa shape index (κ3) is 10.0. The molecule has 0 unspecified atom stereocenters. The molecule has 0 aliphatic carbocycles. The molecule has 0 atom stereocenters. The van der Waals surface area contributed by atoms with E-state index < -0.39 is 8.80 Å². The smallest absolute Gasteiger partial charge is 0.374 e. The Bertz CT molecular complexity index is 247. The van der Waals surface area contributed by atoms with Crippen LogP contribution in [0.4, 0.5) is 0 Å². The van der Waals surface area contributed by atoms with E-state index in [1.807, 2.05) is 20.8 Å². The van der Waals surface area contributed by atoms with Gasteiger partial charge in [-0.05, 0) is 33.6 Å². The molecular weight excluding hydrogens is 286 g/mol. The van der Waals surface area contributed by atoms with E-state index >= 15 is 0 Å². The first-order valence-corrected chi connectivity index (χ1v) is 10.3. The average Bonchev–Trinajstić information content (AvgIpc) is 2.45. The Kier molecular flexibility index (Phi) is 13.0. The van der Waals surface area contributed by atoms with Crippen LogP contribution < -0.4 is 5.32 Å². The van der Waals surface area contributed by atoms with Gasteiger partial charge in [0.2, 0.25) is 5.91 Å². The Balaban J connectivity index is 4.03. The molecule has 0 aromatic rings. The van der Waals surface area contributed by atoms with Crippen molar-refractivity contribution < 1.29 is 18.1 Å². The quantitative estimate of drug-likeness (QED) is 0.395.